The van der Waals surface area contributed by atoms with Crippen LogP contribution in [0.2, 0.25) is 0 Å². The fraction of sp³-hybridized carbons (Fsp3) is 0.211. The Labute approximate surface area is 120 Å². The van der Waals surface area contributed by atoms with E-state index in [1.54, 1.807) is 0 Å². The Balaban J connectivity index is 2.26. The van der Waals surface area contributed by atoms with Crippen molar-refractivity contribution in [3.05, 3.63) is 77.4 Å². The van der Waals surface area contributed by atoms with Crippen molar-refractivity contribution in [2.24, 2.45) is 0 Å². The fourth-order valence-electron chi connectivity index (χ4n) is 2.89. The van der Waals surface area contributed by atoms with Gasteiger partial charge in [-0.2, -0.15) is 4.58 Å². The van der Waals surface area contributed by atoms with E-state index in [0.717, 1.165) is 0 Å². The van der Waals surface area contributed by atoms with Crippen LogP contribution < -0.4 is 0 Å². The maximum absolute atomic E-state index is 2.30. The first-order valence-electron chi connectivity index (χ1n) is 7.12. The Morgan fingerprint density at radius 3 is 2.45 bits per heavy atom. The van der Waals surface area contributed by atoms with Crippen molar-refractivity contribution in [2.45, 2.75) is 19.8 Å². The highest BCUT2D eigenvalue weighted by molar-refractivity contribution is 6.07. The van der Waals surface area contributed by atoms with Crippen molar-refractivity contribution in [1.29, 1.82) is 0 Å². The molecular formula is C19H20N+. The molecule has 0 aliphatic carbocycles. The van der Waals surface area contributed by atoms with Crippen LogP contribution in [0.25, 0.3) is 0 Å². The predicted octanol–water partition coefficient (Wildman–Crippen LogP) is 4.43. The number of aryl methyl sites for hydroxylation is 1. The summed E-state index contributed by atoms with van der Waals surface area (Å²) >= 11 is 0. The Morgan fingerprint density at radius 1 is 0.950 bits per heavy atom. The van der Waals surface area contributed by atoms with Crippen LogP contribution in [0.4, 0.5) is 5.69 Å². The van der Waals surface area contributed by atoms with Gasteiger partial charge in [0.05, 0.1) is 0 Å². The third-order valence-electron chi connectivity index (χ3n) is 4.11. The lowest BCUT2D eigenvalue weighted by Gasteiger charge is -2.08. The normalized spacial score (nSPS) is 17.9. The molecule has 0 saturated heterocycles. The average molecular weight is 262 g/mol. The Morgan fingerprint density at radius 2 is 1.65 bits per heavy atom. The second-order valence-corrected chi connectivity index (χ2v) is 5.47. The fourth-order valence-corrected chi connectivity index (χ4v) is 2.89. The van der Waals surface area contributed by atoms with E-state index in [9.17, 15) is 0 Å². The molecule has 0 amide bonds. The van der Waals surface area contributed by atoms with Gasteiger partial charge in [0, 0.05) is 29.2 Å². The molecule has 20 heavy (non-hydrogen) atoms. The lowest BCUT2D eigenvalue weighted by molar-refractivity contribution is -0.403. The van der Waals surface area contributed by atoms with E-state index in [0.29, 0.717) is 5.92 Å². The van der Waals surface area contributed by atoms with Gasteiger partial charge in [-0.25, -0.2) is 0 Å². The van der Waals surface area contributed by atoms with Gasteiger partial charge < -0.3 is 0 Å². The number of para-hydroxylation sites is 1. The molecule has 0 bridgehead atoms. The number of fused-ring (bicyclic) bond motifs is 1. The Bertz CT molecular complexity index is 707. The van der Waals surface area contributed by atoms with Crippen LogP contribution in [0.3, 0.4) is 0 Å². The van der Waals surface area contributed by atoms with E-state index >= 15 is 0 Å². The van der Waals surface area contributed by atoms with Crippen LogP contribution in [-0.4, -0.2) is 17.3 Å². The van der Waals surface area contributed by atoms with Gasteiger partial charge in [-0.05, 0) is 18.6 Å². The smallest absolute Gasteiger partial charge is 0.194 e. The number of allylic oxidation sites excluding steroid dienone is 2. The topological polar surface area (TPSA) is 3.01 Å². The van der Waals surface area contributed by atoms with Gasteiger partial charge in [-0.3, -0.25) is 0 Å². The SMILES string of the molecule is Cc1ccccc1C1=[N+](C)c2ccccc2C(C)C=C1. The van der Waals surface area contributed by atoms with Crippen molar-refractivity contribution in [3.8, 4) is 0 Å². The largest absolute Gasteiger partial charge is 0.212 e. The number of hydrogen-bond acceptors (Lipinski definition) is 0. The van der Waals surface area contributed by atoms with Crippen LogP contribution >= 0.6 is 0 Å². The van der Waals surface area contributed by atoms with Crippen molar-refractivity contribution in [3.63, 3.8) is 0 Å². The molecule has 2 aromatic rings. The van der Waals surface area contributed by atoms with Crippen LogP contribution in [0.5, 0.6) is 0 Å². The van der Waals surface area contributed by atoms with Gasteiger partial charge in [-0.15, -0.1) is 0 Å². The van der Waals surface area contributed by atoms with Gasteiger partial charge in [0.2, 0.25) is 11.4 Å². The van der Waals surface area contributed by atoms with E-state index in [2.05, 4.69) is 86.2 Å². The quantitative estimate of drug-likeness (QED) is 0.669. The highest BCUT2D eigenvalue weighted by Crippen LogP contribution is 2.30. The van der Waals surface area contributed by atoms with Crippen molar-refractivity contribution < 1.29 is 4.58 Å². The van der Waals surface area contributed by atoms with Crippen molar-refractivity contribution in [1.82, 2.24) is 0 Å². The molecule has 0 fully saturated rings. The molecule has 0 radical (unpaired) electrons. The highest BCUT2D eigenvalue weighted by Gasteiger charge is 2.23. The molecule has 1 unspecified atom stereocenters. The molecule has 0 saturated carbocycles. The molecule has 0 N–H and O–H groups in total. The minimum absolute atomic E-state index is 0.440. The molecule has 1 heteroatoms. The minimum Gasteiger partial charge on any atom is -0.194 e. The Hall–Kier alpha value is -2.15. The zero-order chi connectivity index (χ0) is 14.1. The van der Waals surface area contributed by atoms with Gasteiger partial charge >= 0.3 is 0 Å². The number of nitrogens with zero attached hydrogens (tertiary/aromatic N) is 1. The van der Waals surface area contributed by atoms with E-state index in [1.165, 1.54) is 28.1 Å². The Kier molecular flexibility index (Phi) is 3.27. The highest BCUT2D eigenvalue weighted by atomic mass is 15.0. The second-order valence-electron chi connectivity index (χ2n) is 5.47. The maximum Gasteiger partial charge on any atom is 0.212 e. The number of benzene rings is 2. The third kappa shape index (κ3) is 2.09. The predicted molar refractivity (Wildman–Crippen MR) is 85.1 cm³/mol. The molecule has 0 aromatic heterocycles. The summed E-state index contributed by atoms with van der Waals surface area (Å²) in [5.74, 6) is 0.440. The number of rotatable bonds is 1. The van der Waals surface area contributed by atoms with Crippen molar-refractivity contribution in [2.75, 3.05) is 7.05 Å². The summed E-state index contributed by atoms with van der Waals surface area (Å²) in [6.07, 6.45) is 4.55. The maximum atomic E-state index is 2.30. The molecule has 1 aliphatic rings. The van der Waals surface area contributed by atoms with E-state index in [-0.39, 0.29) is 0 Å². The summed E-state index contributed by atoms with van der Waals surface area (Å²) < 4.78 is 2.30. The molecular weight excluding hydrogens is 242 g/mol. The van der Waals surface area contributed by atoms with Gasteiger partial charge in [0.25, 0.3) is 0 Å². The molecule has 3 rings (SSSR count). The lowest BCUT2D eigenvalue weighted by Crippen LogP contribution is -2.13. The molecule has 100 valence electrons. The van der Waals surface area contributed by atoms with E-state index in [4.69, 9.17) is 0 Å². The summed E-state index contributed by atoms with van der Waals surface area (Å²) in [5, 5.41) is 0. The van der Waals surface area contributed by atoms with Crippen LogP contribution in [0.1, 0.15) is 29.5 Å². The molecule has 1 heterocycles. The molecule has 2 aromatic carbocycles. The second kappa shape index (κ2) is 5.09. The van der Waals surface area contributed by atoms with E-state index in [1.807, 2.05) is 0 Å². The van der Waals surface area contributed by atoms with Crippen molar-refractivity contribution >= 4 is 11.4 Å². The first-order valence-corrected chi connectivity index (χ1v) is 7.12. The summed E-state index contributed by atoms with van der Waals surface area (Å²) in [5.41, 5.74) is 6.55. The minimum atomic E-state index is 0.440. The first kappa shape index (κ1) is 12.9. The zero-order valence-electron chi connectivity index (χ0n) is 12.3. The monoisotopic (exact) mass is 262 g/mol. The summed E-state index contributed by atoms with van der Waals surface area (Å²) in [7, 11) is 2.16. The van der Waals surface area contributed by atoms with E-state index < -0.39 is 0 Å². The van der Waals surface area contributed by atoms with Gasteiger partial charge in [-0.1, -0.05) is 49.4 Å². The standard InChI is InChI=1S/C19H20N/c1-14-8-4-5-9-16(14)19-13-12-15(2)17-10-6-7-11-18(17)20(19)3/h4-13,15H,1-3H3/q+1. The number of hydrogen-bond donors (Lipinski definition) is 0. The lowest BCUT2D eigenvalue weighted by atomic mass is 9.99. The zero-order valence-corrected chi connectivity index (χ0v) is 12.3. The molecule has 0 spiro atoms. The molecule has 1 atom stereocenters. The van der Waals surface area contributed by atoms with Gasteiger partial charge in [0.1, 0.15) is 7.05 Å². The van der Waals surface area contributed by atoms with Crippen LogP contribution in [-0.2, 0) is 0 Å². The third-order valence-corrected chi connectivity index (χ3v) is 4.11. The first-order chi connectivity index (χ1) is 9.68. The van der Waals surface area contributed by atoms with Crippen LogP contribution in [0, 0.1) is 6.92 Å². The summed E-state index contributed by atoms with van der Waals surface area (Å²) in [6, 6.07) is 17.2. The molecule has 1 nitrogen and oxygen atoms in total. The summed E-state index contributed by atoms with van der Waals surface area (Å²) in [4.78, 5) is 0. The van der Waals surface area contributed by atoms with Crippen LogP contribution in [0.15, 0.2) is 60.7 Å². The molecule has 1 aliphatic heterocycles. The average Bonchev–Trinajstić information content (AvgIpc) is 2.59. The summed E-state index contributed by atoms with van der Waals surface area (Å²) in [6.45, 7) is 4.42. The van der Waals surface area contributed by atoms with Gasteiger partial charge in [0.15, 0.2) is 0 Å².